The molecule has 2 saturated heterocycles. The Morgan fingerprint density at radius 3 is 2.11 bits per heavy atom. The van der Waals surface area contributed by atoms with Crippen LogP contribution in [-0.4, -0.2) is 23.9 Å². The van der Waals surface area contributed by atoms with Gasteiger partial charge in [-0.1, -0.05) is 46.8 Å². The lowest BCUT2D eigenvalue weighted by Crippen LogP contribution is -2.38. The van der Waals surface area contributed by atoms with E-state index in [1.165, 1.54) is 0 Å². The maximum absolute atomic E-state index is 12.3. The van der Waals surface area contributed by atoms with Crippen molar-refractivity contribution < 1.29 is 28.7 Å². The van der Waals surface area contributed by atoms with E-state index in [0.717, 1.165) is 6.42 Å². The monoisotopic (exact) mass is 392 g/mol. The Morgan fingerprint density at radius 1 is 1.00 bits per heavy atom. The van der Waals surface area contributed by atoms with Gasteiger partial charge in [-0.2, -0.15) is 0 Å². The first-order valence-corrected chi connectivity index (χ1v) is 10.2. The maximum atomic E-state index is 12.3. The van der Waals surface area contributed by atoms with E-state index in [2.05, 4.69) is 39.4 Å². The number of hydrogen-bond donors (Lipinski definition) is 0. The Morgan fingerprint density at radius 2 is 1.61 bits per heavy atom. The van der Waals surface area contributed by atoms with Gasteiger partial charge in [0, 0.05) is 0 Å². The topological polar surface area (TPSA) is 86.7 Å². The van der Waals surface area contributed by atoms with Gasteiger partial charge in [-0.05, 0) is 42.4 Å². The van der Waals surface area contributed by atoms with Crippen LogP contribution in [0.15, 0.2) is 12.2 Å². The Balaban J connectivity index is 2.10. The molecular formula is C22H32O6. The summed E-state index contributed by atoms with van der Waals surface area (Å²) in [4.78, 5) is 46.7. The molecule has 0 radical (unpaired) electrons. The first-order valence-electron chi connectivity index (χ1n) is 10.2. The molecule has 0 aromatic rings. The minimum absolute atomic E-state index is 0.0120. The summed E-state index contributed by atoms with van der Waals surface area (Å²) in [6, 6.07) is 0. The molecule has 4 atom stereocenters. The average Bonchev–Trinajstić information content (AvgIpc) is 3.06. The predicted molar refractivity (Wildman–Crippen MR) is 103 cm³/mol. The van der Waals surface area contributed by atoms with E-state index in [0.29, 0.717) is 24.7 Å². The number of carbonyl (C=O) groups excluding carboxylic acids is 4. The molecule has 0 aromatic carbocycles. The number of allylic oxidation sites excluding steroid dienone is 1. The van der Waals surface area contributed by atoms with Crippen molar-refractivity contribution in [3.05, 3.63) is 12.2 Å². The third-order valence-electron chi connectivity index (χ3n) is 6.36. The zero-order valence-corrected chi connectivity index (χ0v) is 17.5. The Hall–Kier alpha value is -1.98. The molecular weight excluding hydrogens is 360 g/mol. The smallest absolute Gasteiger partial charge is 0.321 e. The first-order chi connectivity index (χ1) is 13.0. The van der Waals surface area contributed by atoms with Gasteiger partial charge in [-0.15, -0.1) is 0 Å². The van der Waals surface area contributed by atoms with Crippen LogP contribution in [0.4, 0.5) is 0 Å². The maximum Gasteiger partial charge on any atom is 0.321 e. The van der Waals surface area contributed by atoms with Crippen molar-refractivity contribution in [3.8, 4) is 0 Å². The van der Waals surface area contributed by atoms with Gasteiger partial charge >= 0.3 is 23.9 Å². The lowest BCUT2D eigenvalue weighted by molar-refractivity contribution is -0.155. The van der Waals surface area contributed by atoms with Gasteiger partial charge in [0.15, 0.2) is 0 Å². The fourth-order valence-corrected chi connectivity index (χ4v) is 4.44. The molecule has 0 N–H and O–H groups in total. The molecule has 2 aliphatic heterocycles. The van der Waals surface area contributed by atoms with Crippen LogP contribution in [0.2, 0.25) is 0 Å². The molecule has 2 heterocycles. The lowest BCUT2D eigenvalue weighted by atomic mass is 9.62. The predicted octanol–water partition coefficient (Wildman–Crippen LogP) is 3.83. The molecule has 28 heavy (non-hydrogen) atoms. The summed E-state index contributed by atoms with van der Waals surface area (Å²) in [6.45, 7) is 10.9. The van der Waals surface area contributed by atoms with Gasteiger partial charge in [0.2, 0.25) is 0 Å². The summed E-state index contributed by atoms with van der Waals surface area (Å²) in [6.07, 6.45) is 6.20. The van der Waals surface area contributed by atoms with E-state index in [1.807, 2.05) is 6.08 Å². The van der Waals surface area contributed by atoms with Crippen molar-refractivity contribution in [2.45, 2.75) is 66.7 Å². The number of hydrogen-bond acceptors (Lipinski definition) is 6. The molecule has 6 nitrogen and oxygen atoms in total. The van der Waals surface area contributed by atoms with Crippen LogP contribution in [0.5, 0.6) is 0 Å². The van der Waals surface area contributed by atoms with Crippen LogP contribution < -0.4 is 0 Å². The minimum Gasteiger partial charge on any atom is -0.393 e. The first kappa shape index (κ1) is 22.3. The second kappa shape index (κ2) is 9.01. The van der Waals surface area contributed by atoms with Crippen LogP contribution in [0.3, 0.4) is 0 Å². The van der Waals surface area contributed by atoms with E-state index in [-0.39, 0.29) is 24.2 Å². The number of cyclic esters (lactones) is 4. The molecule has 0 aromatic heterocycles. The largest absolute Gasteiger partial charge is 0.393 e. The normalized spacial score (nSPS) is 25.5. The summed E-state index contributed by atoms with van der Waals surface area (Å²) in [7, 11) is 0. The van der Waals surface area contributed by atoms with E-state index in [9.17, 15) is 19.2 Å². The van der Waals surface area contributed by atoms with Crippen molar-refractivity contribution >= 4 is 23.9 Å². The summed E-state index contributed by atoms with van der Waals surface area (Å²) in [5.41, 5.74) is -0.158. The summed E-state index contributed by atoms with van der Waals surface area (Å²) in [5, 5.41) is 0. The molecule has 6 heteroatoms. The van der Waals surface area contributed by atoms with Crippen molar-refractivity contribution in [3.63, 3.8) is 0 Å². The summed E-state index contributed by atoms with van der Waals surface area (Å²) < 4.78 is 9.38. The van der Waals surface area contributed by atoms with Gasteiger partial charge < -0.3 is 9.47 Å². The van der Waals surface area contributed by atoms with Crippen LogP contribution in [0.25, 0.3) is 0 Å². The van der Waals surface area contributed by atoms with E-state index in [4.69, 9.17) is 4.74 Å². The SMILES string of the molecule is CC(C)CC(C)C(C)(C)C(CC/C=C/C1CC(=O)OC1=O)C1CC(=O)OC1=O. The molecule has 0 aliphatic carbocycles. The zero-order chi connectivity index (χ0) is 21.1. The highest BCUT2D eigenvalue weighted by atomic mass is 16.6. The van der Waals surface area contributed by atoms with Gasteiger partial charge in [0.05, 0.1) is 24.7 Å². The second-order valence-corrected chi connectivity index (χ2v) is 9.17. The zero-order valence-electron chi connectivity index (χ0n) is 17.5. The van der Waals surface area contributed by atoms with Crippen molar-refractivity contribution in [2.24, 2.45) is 35.0 Å². The molecule has 4 unspecified atom stereocenters. The van der Waals surface area contributed by atoms with Gasteiger partial charge in [-0.25, -0.2) is 0 Å². The Bertz CT molecular complexity index is 660. The second-order valence-electron chi connectivity index (χ2n) is 9.17. The number of ether oxygens (including phenoxy) is 2. The van der Waals surface area contributed by atoms with Crippen LogP contribution in [0, 0.1) is 35.0 Å². The van der Waals surface area contributed by atoms with Crippen molar-refractivity contribution in [2.75, 3.05) is 0 Å². The van der Waals surface area contributed by atoms with Gasteiger partial charge in [0.25, 0.3) is 0 Å². The minimum atomic E-state index is -0.517. The number of esters is 4. The molecule has 0 saturated carbocycles. The molecule has 2 aliphatic rings. The molecule has 2 rings (SSSR count). The molecule has 2 fully saturated rings. The third kappa shape index (κ3) is 5.30. The Kier molecular flexibility index (Phi) is 7.18. The molecule has 156 valence electrons. The summed E-state index contributed by atoms with van der Waals surface area (Å²) >= 11 is 0. The van der Waals surface area contributed by atoms with Gasteiger partial charge in [-0.3, -0.25) is 19.2 Å². The molecule has 0 bridgehead atoms. The highest BCUT2D eigenvalue weighted by Crippen LogP contribution is 2.47. The van der Waals surface area contributed by atoms with Gasteiger partial charge in [0.1, 0.15) is 0 Å². The van der Waals surface area contributed by atoms with Crippen LogP contribution in [-0.2, 0) is 28.7 Å². The number of carbonyl (C=O) groups is 4. The lowest BCUT2D eigenvalue weighted by Gasteiger charge is -2.42. The van der Waals surface area contributed by atoms with Crippen molar-refractivity contribution in [1.82, 2.24) is 0 Å². The fourth-order valence-electron chi connectivity index (χ4n) is 4.44. The molecule has 0 amide bonds. The highest BCUT2D eigenvalue weighted by Gasteiger charge is 2.47. The molecule has 0 spiro atoms. The number of rotatable bonds is 9. The Labute approximate surface area is 167 Å². The van der Waals surface area contributed by atoms with E-state index in [1.54, 1.807) is 6.08 Å². The standard InChI is InChI=1S/C22H32O6/c1-13(2)10-14(3)22(4,5)17(16-12-19(24)28-21(16)26)9-7-6-8-15-11-18(23)27-20(15)25/h6,8,13-17H,7,9-12H2,1-5H3/b8-6+. The fraction of sp³-hybridized carbons (Fsp3) is 0.727. The highest BCUT2D eigenvalue weighted by molar-refractivity contribution is 5.95. The van der Waals surface area contributed by atoms with E-state index < -0.39 is 35.7 Å². The quantitative estimate of drug-likeness (QED) is 0.337. The average molecular weight is 392 g/mol. The van der Waals surface area contributed by atoms with Crippen LogP contribution in [0.1, 0.15) is 66.7 Å². The van der Waals surface area contributed by atoms with Crippen molar-refractivity contribution in [1.29, 1.82) is 0 Å². The summed E-state index contributed by atoms with van der Waals surface area (Å²) in [5.74, 6) is -1.92. The van der Waals surface area contributed by atoms with Crippen LogP contribution >= 0.6 is 0 Å². The third-order valence-corrected chi connectivity index (χ3v) is 6.36. The van der Waals surface area contributed by atoms with E-state index >= 15 is 0 Å².